The Hall–Kier alpha value is -0.540. The first-order chi connectivity index (χ1) is 10.7. The van der Waals surface area contributed by atoms with Crippen LogP contribution in [0, 0.1) is 0 Å². The maximum Gasteiger partial charge on any atom is 0.191 e. The van der Waals surface area contributed by atoms with Crippen LogP contribution in [-0.4, -0.2) is 38.0 Å². The highest BCUT2D eigenvalue weighted by atomic mass is 127. The number of rotatable bonds is 6. The third-order valence-corrected chi connectivity index (χ3v) is 6.09. The van der Waals surface area contributed by atoms with Crippen LogP contribution in [0.1, 0.15) is 33.3 Å². The van der Waals surface area contributed by atoms with Gasteiger partial charge in [-0.3, -0.25) is 0 Å². The monoisotopic (exact) mass is 487 g/mol. The number of sulfone groups is 1. The molecule has 24 heavy (non-hydrogen) atoms. The fraction of sp³-hybridized carbons (Fsp3) is 0.562. The Kier molecular flexibility index (Phi) is 10.2. The van der Waals surface area contributed by atoms with Crippen molar-refractivity contribution in [3.63, 3.8) is 0 Å². The molecule has 1 rings (SSSR count). The first kappa shape index (κ1) is 23.5. The fourth-order valence-electron chi connectivity index (χ4n) is 1.76. The van der Waals surface area contributed by atoms with Crippen LogP contribution in [-0.2, 0) is 16.4 Å². The summed E-state index contributed by atoms with van der Waals surface area (Å²) in [6.07, 6.45) is 0. The van der Waals surface area contributed by atoms with E-state index in [0.29, 0.717) is 30.6 Å². The van der Waals surface area contributed by atoms with E-state index >= 15 is 0 Å². The number of nitrogens with zero attached hydrogens (tertiary/aromatic N) is 1. The lowest BCUT2D eigenvalue weighted by Crippen LogP contribution is -2.41. The molecule has 0 radical (unpaired) electrons. The van der Waals surface area contributed by atoms with E-state index in [1.54, 1.807) is 20.8 Å². The molecule has 0 heterocycles. The van der Waals surface area contributed by atoms with Gasteiger partial charge in [0.15, 0.2) is 15.8 Å². The standard InChI is InChI=1S/C16H26ClN3O2S.HI/c1-5-18-15(19-9-10-23(21,22)16(2,3)4)20-12-13-7-6-8-14(17)11-13;/h6-8,11H,5,9-10,12H2,1-4H3,(H2,18,19,20);1H. The topological polar surface area (TPSA) is 70.6 Å². The largest absolute Gasteiger partial charge is 0.357 e. The predicted molar refractivity (Wildman–Crippen MR) is 113 cm³/mol. The first-order valence-corrected chi connectivity index (χ1v) is 9.67. The molecular formula is C16H27ClIN3O2S. The van der Waals surface area contributed by atoms with Gasteiger partial charge >= 0.3 is 0 Å². The van der Waals surface area contributed by atoms with Gasteiger partial charge in [-0.25, -0.2) is 13.4 Å². The highest BCUT2D eigenvalue weighted by Gasteiger charge is 2.28. The van der Waals surface area contributed by atoms with E-state index in [1.807, 2.05) is 31.2 Å². The van der Waals surface area contributed by atoms with Gasteiger partial charge in [-0.05, 0) is 45.4 Å². The molecule has 0 atom stereocenters. The summed E-state index contributed by atoms with van der Waals surface area (Å²) in [6, 6.07) is 7.50. The van der Waals surface area contributed by atoms with Crippen LogP contribution in [0.4, 0.5) is 0 Å². The summed E-state index contributed by atoms with van der Waals surface area (Å²) in [7, 11) is -3.14. The average molecular weight is 488 g/mol. The number of aliphatic imine (C=N–C) groups is 1. The molecule has 0 unspecified atom stereocenters. The lowest BCUT2D eigenvalue weighted by molar-refractivity contribution is 0.559. The molecule has 1 aromatic carbocycles. The number of guanidine groups is 1. The van der Waals surface area contributed by atoms with Crippen LogP contribution in [0.2, 0.25) is 5.02 Å². The van der Waals surface area contributed by atoms with Crippen LogP contribution in [0.3, 0.4) is 0 Å². The summed E-state index contributed by atoms with van der Waals surface area (Å²) in [5, 5.41) is 6.84. The Morgan fingerprint density at radius 1 is 1.25 bits per heavy atom. The van der Waals surface area contributed by atoms with E-state index < -0.39 is 14.6 Å². The Labute approximate surface area is 167 Å². The zero-order valence-corrected chi connectivity index (χ0v) is 18.5. The summed E-state index contributed by atoms with van der Waals surface area (Å²) in [5.41, 5.74) is 0.997. The third kappa shape index (κ3) is 8.02. The summed E-state index contributed by atoms with van der Waals surface area (Å²) in [4.78, 5) is 4.45. The molecule has 2 N–H and O–H groups in total. The maximum atomic E-state index is 12.1. The van der Waals surface area contributed by atoms with Gasteiger partial charge in [0.05, 0.1) is 17.0 Å². The van der Waals surface area contributed by atoms with E-state index in [-0.39, 0.29) is 29.7 Å². The Bertz CT molecular complexity index is 643. The summed E-state index contributed by atoms with van der Waals surface area (Å²) < 4.78 is 23.4. The van der Waals surface area contributed by atoms with E-state index in [9.17, 15) is 8.42 Å². The molecule has 0 aliphatic rings. The van der Waals surface area contributed by atoms with Crippen molar-refractivity contribution in [2.24, 2.45) is 4.99 Å². The van der Waals surface area contributed by atoms with E-state index in [2.05, 4.69) is 15.6 Å². The number of hydrogen-bond acceptors (Lipinski definition) is 3. The molecule has 0 aliphatic heterocycles. The van der Waals surface area contributed by atoms with E-state index in [1.165, 1.54) is 0 Å². The number of halogens is 2. The van der Waals surface area contributed by atoms with Crippen molar-refractivity contribution in [2.45, 2.75) is 39.0 Å². The van der Waals surface area contributed by atoms with Crippen LogP contribution in [0.5, 0.6) is 0 Å². The van der Waals surface area contributed by atoms with Crippen molar-refractivity contribution >= 4 is 51.4 Å². The molecule has 0 aliphatic carbocycles. The minimum atomic E-state index is -3.14. The van der Waals surface area contributed by atoms with Crippen molar-refractivity contribution in [1.29, 1.82) is 0 Å². The van der Waals surface area contributed by atoms with E-state index in [4.69, 9.17) is 11.6 Å². The quantitative estimate of drug-likeness (QED) is 0.367. The van der Waals surface area contributed by atoms with Crippen LogP contribution >= 0.6 is 35.6 Å². The molecule has 0 bridgehead atoms. The second-order valence-corrected chi connectivity index (χ2v) is 9.48. The number of hydrogen-bond donors (Lipinski definition) is 2. The minimum absolute atomic E-state index is 0. The van der Waals surface area contributed by atoms with Crippen molar-refractivity contribution in [3.05, 3.63) is 34.9 Å². The maximum absolute atomic E-state index is 12.1. The molecule has 0 saturated heterocycles. The summed E-state index contributed by atoms with van der Waals surface area (Å²) in [5.74, 6) is 0.662. The average Bonchev–Trinajstić information content (AvgIpc) is 2.43. The zero-order valence-electron chi connectivity index (χ0n) is 14.6. The molecule has 0 aromatic heterocycles. The predicted octanol–water partition coefficient (Wildman–Crippen LogP) is 3.23. The summed E-state index contributed by atoms with van der Waals surface area (Å²) in [6.45, 7) is 8.58. The smallest absolute Gasteiger partial charge is 0.191 e. The van der Waals surface area contributed by atoms with Gasteiger partial charge in [0, 0.05) is 18.1 Å². The molecule has 1 aromatic rings. The van der Waals surface area contributed by atoms with Crippen molar-refractivity contribution in [3.8, 4) is 0 Å². The molecule has 8 heteroatoms. The van der Waals surface area contributed by atoms with E-state index in [0.717, 1.165) is 5.56 Å². The van der Waals surface area contributed by atoms with Crippen molar-refractivity contribution in [1.82, 2.24) is 10.6 Å². The van der Waals surface area contributed by atoms with Gasteiger partial charge in [0.2, 0.25) is 0 Å². The fourth-order valence-corrected chi connectivity index (χ4v) is 2.95. The molecule has 0 fully saturated rings. The SMILES string of the molecule is CCNC(=NCc1cccc(Cl)c1)NCCS(=O)(=O)C(C)(C)C.I. The Balaban J connectivity index is 0.00000529. The van der Waals surface area contributed by atoms with Crippen LogP contribution in [0.25, 0.3) is 0 Å². The normalized spacial score (nSPS) is 12.5. The lowest BCUT2D eigenvalue weighted by Gasteiger charge is -2.19. The number of nitrogens with one attached hydrogen (secondary N) is 2. The van der Waals surface area contributed by atoms with Gasteiger partial charge in [-0.2, -0.15) is 0 Å². The van der Waals surface area contributed by atoms with Crippen molar-refractivity contribution in [2.75, 3.05) is 18.8 Å². The second kappa shape index (κ2) is 10.5. The Morgan fingerprint density at radius 2 is 1.92 bits per heavy atom. The Morgan fingerprint density at radius 3 is 2.46 bits per heavy atom. The molecule has 138 valence electrons. The van der Waals surface area contributed by atoms with Crippen molar-refractivity contribution < 1.29 is 8.42 Å². The molecule has 0 spiro atoms. The minimum Gasteiger partial charge on any atom is -0.357 e. The van der Waals surface area contributed by atoms with Gasteiger partial charge in [0.1, 0.15) is 0 Å². The van der Waals surface area contributed by atoms with Gasteiger partial charge < -0.3 is 10.6 Å². The number of benzene rings is 1. The highest BCUT2D eigenvalue weighted by molar-refractivity contribution is 14.0. The summed E-state index contributed by atoms with van der Waals surface area (Å²) >= 11 is 5.95. The molecule has 5 nitrogen and oxygen atoms in total. The second-order valence-electron chi connectivity index (χ2n) is 6.18. The van der Waals surface area contributed by atoms with Crippen LogP contribution < -0.4 is 10.6 Å². The van der Waals surface area contributed by atoms with Crippen LogP contribution in [0.15, 0.2) is 29.3 Å². The van der Waals surface area contributed by atoms with Gasteiger partial charge in [-0.1, -0.05) is 23.7 Å². The van der Waals surface area contributed by atoms with Gasteiger partial charge in [0.25, 0.3) is 0 Å². The first-order valence-electron chi connectivity index (χ1n) is 7.64. The highest BCUT2D eigenvalue weighted by Crippen LogP contribution is 2.15. The zero-order chi connectivity index (χ0) is 17.5. The van der Waals surface area contributed by atoms with Gasteiger partial charge in [-0.15, -0.1) is 24.0 Å². The molecule has 0 saturated carbocycles. The third-order valence-electron chi connectivity index (χ3n) is 3.25. The molecular weight excluding hydrogens is 461 g/mol. The molecule has 0 amide bonds. The lowest BCUT2D eigenvalue weighted by atomic mass is 10.2.